The summed E-state index contributed by atoms with van der Waals surface area (Å²) >= 11 is 0. The molecule has 3 rings (SSSR count). The number of guanidine groups is 2. The number of aliphatic imine (C=N–C) groups is 2. The van der Waals surface area contributed by atoms with Crippen LogP contribution in [0.5, 0.6) is 0 Å². The van der Waals surface area contributed by atoms with E-state index in [4.69, 9.17) is 28.7 Å². The average Bonchev–Trinajstić information content (AvgIpc) is 3.75. The molecule has 0 spiro atoms. The predicted molar refractivity (Wildman–Crippen MR) is 264 cm³/mol. The maximum atomic E-state index is 14.3. The molecule has 0 unspecified atom stereocenters. The molecule has 0 saturated heterocycles. The predicted octanol–water partition coefficient (Wildman–Crippen LogP) is -2.83. The first-order chi connectivity index (χ1) is 34.0. The molecule has 0 radical (unpaired) electrons. The molecule has 2 heterocycles. The lowest BCUT2D eigenvalue weighted by molar-refractivity contribution is -0.139. The Kier molecular flexibility index (Phi) is 24.0. The molecule has 26 nitrogen and oxygen atoms in total. The Hall–Kier alpha value is -7.67. The minimum Gasteiger partial charge on any atom is -0.481 e. The number of benzene rings is 1. The number of primary amides is 1. The van der Waals surface area contributed by atoms with Gasteiger partial charge in [0.2, 0.25) is 41.4 Å². The van der Waals surface area contributed by atoms with Crippen LogP contribution in [-0.2, 0) is 62.5 Å². The monoisotopic (exact) mass is 1010 g/mol. The maximum absolute atomic E-state index is 14.3. The number of nitrogens with one attached hydrogen (secondary N) is 6. The number of carbonyl (C=O) groups excluding carboxylic acids is 8. The van der Waals surface area contributed by atoms with Crippen molar-refractivity contribution in [3.05, 3.63) is 47.3 Å². The van der Waals surface area contributed by atoms with Gasteiger partial charge in [0.25, 0.3) is 0 Å². The number of aromatic nitrogens is 3. The summed E-state index contributed by atoms with van der Waals surface area (Å²) in [6.45, 7) is 6.78. The molecule has 7 amide bonds. The number of carboxylic acids is 1. The number of aryl methyl sites for hydroxylation is 2. The zero-order valence-electron chi connectivity index (χ0n) is 41.4. The molecular formula is C46H72N16O10. The van der Waals surface area contributed by atoms with Crippen molar-refractivity contribution in [1.82, 2.24) is 46.9 Å². The Balaban J connectivity index is 2.13. The molecule has 1 aromatic heterocycles. The lowest BCUT2D eigenvalue weighted by atomic mass is 9.86. The highest BCUT2D eigenvalue weighted by atomic mass is 16.4. The van der Waals surface area contributed by atoms with Crippen molar-refractivity contribution in [2.24, 2.45) is 50.5 Å². The number of carboxylic acid groups (broad SMARTS) is 1. The van der Waals surface area contributed by atoms with Crippen molar-refractivity contribution in [3.8, 4) is 0 Å². The fourth-order valence-electron chi connectivity index (χ4n) is 7.77. The van der Waals surface area contributed by atoms with E-state index in [1.165, 1.54) is 11.6 Å². The largest absolute Gasteiger partial charge is 0.481 e. The number of ketones is 1. The second kappa shape index (κ2) is 29.5. The Morgan fingerprint density at radius 2 is 1.31 bits per heavy atom. The normalized spacial score (nSPS) is 22.4. The van der Waals surface area contributed by atoms with Gasteiger partial charge in [-0.15, -0.1) is 5.10 Å². The first-order valence-corrected chi connectivity index (χ1v) is 23.9. The van der Waals surface area contributed by atoms with Crippen LogP contribution in [0.4, 0.5) is 0 Å². The van der Waals surface area contributed by atoms with E-state index in [1.807, 2.05) is 19.1 Å². The van der Waals surface area contributed by atoms with Crippen LogP contribution in [0.1, 0.15) is 102 Å². The van der Waals surface area contributed by atoms with Gasteiger partial charge in [-0.05, 0) is 69.8 Å². The van der Waals surface area contributed by atoms with Gasteiger partial charge in [-0.1, -0.05) is 48.9 Å². The van der Waals surface area contributed by atoms with Crippen molar-refractivity contribution in [2.45, 2.75) is 148 Å². The third-order valence-corrected chi connectivity index (χ3v) is 11.7. The maximum Gasteiger partial charge on any atom is 0.303 e. The van der Waals surface area contributed by atoms with Crippen LogP contribution in [0.2, 0.25) is 0 Å². The minimum atomic E-state index is -1.48. The van der Waals surface area contributed by atoms with Gasteiger partial charge in [-0.25, -0.2) is 0 Å². The van der Waals surface area contributed by atoms with Crippen LogP contribution in [0.25, 0.3) is 0 Å². The van der Waals surface area contributed by atoms with Crippen molar-refractivity contribution in [1.29, 1.82) is 0 Å². The van der Waals surface area contributed by atoms with Gasteiger partial charge >= 0.3 is 5.97 Å². The van der Waals surface area contributed by atoms with Gasteiger partial charge in [0.15, 0.2) is 17.7 Å². The fraction of sp³-hybridized carbons (Fsp3) is 0.587. The van der Waals surface area contributed by atoms with E-state index < -0.39 is 120 Å². The SMILES string of the molecule is CC(=O)N[C@H]1Cc2cn(nn2)CCCC[C@@H](C(N)=O)NC(=O)[C@@H](Cc2ccc(C)cc2)NC(=O)[C@@H](CCCN=C(N)N)NC(=O)[C@@H](C(C)C)CC(=O)[C@@H](CCC(=O)O)NC(=O)[C@@H](CCCN=C(N)N)NC1=O. The molecule has 1 aliphatic rings. The molecule has 0 saturated carbocycles. The van der Waals surface area contributed by atoms with Gasteiger partial charge in [-0.3, -0.25) is 57.8 Å². The first-order valence-electron chi connectivity index (χ1n) is 23.9. The number of nitrogens with zero attached hydrogens (tertiary/aromatic N) is 5. The summed E-state index contributed by atoms with van der Waals surface area (Å²) in [5, 5.41) is 33.9. The topological polar surface area (TPSA) is 432 Å². The van der Waals surface area contributed by atoms with E-state index in [-0.39, 0.29) is 82.2 Å². The summed E-state index contributed by atoms with van der Waals surface area (Å²) < 4.78 is 1.49. The molecule has 0 fully saturated rings. The van der Waals surface area contributed by atoms with Gasteiger partial charge < -0.3 is 65.7 Å². The van der Waals surface area contributed by atoms with Crippen LogP contribution in [-0.4, -0.2) is 134 Å². The Bertz CT molecular complexity index is 2260. The molecule has 1 aliphatic heterocycles. The molecule has 26 heteroatoms. The third kappa shape index (κ3) is 21.1. The molecule has 396 valence electrons. The first kappa shape index (κ1) is 58.6. The van der Waals surface area contributed by atoms with E-state index >= 15 is 0 Å². The molecule has 7 atom stereocenters. The molecule has 72 heavy (non-hydrogen) atoms. The van der Waals surface area contributed by atoms with Gasteiger partial charge in [0, 0.05) is 64.4 Å². The van der Waals surface area contributed by atoms with Gasteiger partial charge in [0.05, 0.1) is 11.7 Å². The highest BCUT2D eigenvalue weighted by molar-refractivity contribution is 5.97. The molecule has 17 N–H and O–H groups in total. The lowest BCUT2D eigenvalue weighted by Gasteiger charge is -2.28. The summed E-state index contributed by atoms with van der Waals surface area (Å²) in [7, 11) is 0. The van der Waals surface area contributed by atoms with Crippen molar-refractivity contribution < 1.29 is 48.3 Å². The zero-order valence-corrected chi connectivity index (χ0v) is 41.4. The third-order valence-electron chi connectivity index (χ3n) is 11.7. The standard InChI is InChI=1S/C46H72N16O10/c1-25(2)30-23-37(64)31(16-17-38(65)66)55-41(69)34(11-8-19-53-46(50)51)58-44(72)36(54-27(4)63)22-29-24-62(61-60-29)20-6-5-9-32(39(47)67)56-43(71)35(21-28-14-12-26(3)13-15-28)59-42(70)33(57-40(30)68)10-7-18-52-45(48)49/h12-15,24-25,30-36H,5-11,16-23H2,1-4H3,(H2,47,67)(H,54,63)(H,55,69)(H,56,71)(H,57,68)(H,58,72)(H,59,70)(H,65,66)(H4,48,49,52)(H4,50,51,53)/t30-,31-,32+,33-,34-,35-,36+/m1/s1. The Morgan fingerprint density at radius 1 is 0.750 bits per heavy atom. The number of fused-ring (bicyclic) bond motifs is 2. The zero-order chi connectivity index (χ0) is 53.5. The lowest BCUT2D eigenvalue weighted by Crippen LogP contribution is -2.57. The van der Waals surface area contributed by atoms with E-state index in [2.05, 4.69) is 52.2 Å². The van der Waals surface area contributed by atoms with Crippen molar-refractivity contribution >= 4 is 65.0 Å². The molecule has 0 aliphatic carbocycles. The summed E-state index contributed by atoms with van der Waals surface area (Å²) in [4.78, 5) is 130. The molecule has 2 bridgehead atoms. The quantitative estimate of drug-likeness (QED) is 0.0458. The Labute approximate surface area is 417 Å². The van der Waals surface area contributed by atoms with Crippen LogP contribution in [0.3, 0.4) is 0 Å². The molecular weight excluding hydrogens is 937 g/mol. The smallest absolute Gasteiger partial charge is 0.303 e. The Morgan fingerprint density at radius 3 is 1.85 bits per heavy atom. The number of nitrogens with two attached hydrogens (primary N) is 5. The molecule has 2 aromatic rings. The van der Waals surface area contributed by atoms with Crippen molar-refractivity contribution in [2.75, 3.05) is 13.1 Å². The number of amides is 7. The van der Waals surface area contributed by atoms with Crippen LogP contribution in [0, 0.1) is 18.8 Å². The second-order valence-electron chi connectivity index (χ2n) is 18.2. The second-order valence-corrected chi connectivity index (χ2v) is 18.2. The van der Waals surface area contributed by atoms with Crippen LogP contribution in [0.15, 0.2) is 40.4 Å². The van der Waals surface area contributed by atoms with Gasteiger partial charge in [0.1, 0.15) is 30.2 Å². The van der Waals surface area contributed by atoms with Gasteiger partial charge in [-0.2, -0.15) is 0 Å². The molecule has 1 aromatic carbocycles. The number of carbonyl (C=O) groups is 9. The number of Topliss-reactive ketones (excluding diaryl/α,β-unsaturated/α-hetero) is 1. The highest BCUT2D eigenvalue weighted by Crippen LogP contribution is 2.20. The van der Waals surface area contributed by atoms with E-state index in [1.54, 1.807) is 32.2 Å². The van der Waals surface area contributed by atoms with E-state index in [9.17, 15) is 48.3 Å². The number of hydrogen-bond acceptors (Lipinski definition) is 13. The fourth-order valence-corrected chi connectivity index (χ4v) is 7.77. The highest BCUT2D eigenvalue weighted by Gasteiger charge is 2.35. The minimum absolute atomic E-state index is 0.0275. The number of hydrogen-bond donors (Lipinski definition) is 12. The van der Waals surface area contributed by atoms with Crippen LogP contribution >= 0.6 is 0 Å². The van der Waals surface area contributed by atoms with Crippen molar-refractivity contribution in [3.63, 3.8) is 0 Å². The summed E-state index contributed by atoms with van der Waals surface area (Å²) in [6, 6.07) is -0.670. The summed E-state index contributed by atoms with van der Waals surface area (Å²) in [6.07, 6.45) is 0.950. The van der Waals surface area contributed by atoms with E-state index in [0.29, 0.717) is 18.4 Å². The summed E-state index contributed by atoms with van der Waals surface area (Å²) in [5.41, 5.74) is 29.7. The number of aliphatic carboxylic acids is 1. The summed E-state index contributed by atoms with van der Waals surface area (Å²) in [5.74, 6) is -9.50. The van der Waals surface area contributed by atoms with Crippen LogP contribution < -0.4 is 60.6 Å². The van der Waals surface area contributed by atoms with E-state index in [0.717, 1.165) is 5.56 Å². The number of rotatable bonds is 16. The average molecular weight is 1010 g/mol.